The molecule has 0 saturated carbocycles. The highest BCUT2D eigenvalue weighted by Crippen LogP contribution is 2.26. The highest BCUT2D eigenvalue weighted by Gasteiger charge is 2.18. The molecule has 14 heteroatoms. The van der Waals surface area contributed by atoms with Crippen LogP contribution < -0.4 is 33.6 Å². The maximum Gasteiger partial charge on any atom is 0.287 e. The van der Waals surface area contributed by atoms with Gasteiger partial charge in [-0.25, -0.2) is 18.7 Å². The van der Waals surface area contributed by atoms with E-state index < -0.39 is 0 Å². The van der Waals surface area contributed by atoms with Crippen molar-refractivity contribution >= 4 is 33.9 Å². The van der Waals surface area contributed by atoms with Crippen LogP contribution in [0.3, 0.4) is 0 Å². The Morgan fingerprint density at radius 1 is 0.611 bits per heavy atom. The number of nitrogens with one attached hydrogen (secondary N) is 2. The lowest BCUT2D eigenvalue weighted by molar-refractivity contribution is 0.0930. The van der Waals surface area contributed by atoms with Crippen LogP contribution in [0.15, 0.2) is 84.9 Å². The van der Waals surface area contributed by atoms with Gasteiger partial charge in [-0.2, -0.15) is 0 Å². The van der Waals surface area contributed by atoms with Crippen LogP contribution in [-0.4, -0.2) is 69.2 Å². The van der Waals surface area contributed by atoms with Crippen molar-refractivity contribution in [2.24, 2.45) is 37.0 Å². The van der Waals surface area contributed by atoms with Gasteiger partial charge in [0.1, 0.15) is 11.6 Å². The Hall–Kier alpha value is -5.54. The first kappa shape index (κ1) is 39.7. The molecule has 6 aromatic rings. The number of fused-ring (bicyclic) bond motifs is 2. The largest absolute Gasteiger partial charge is 0.348 e. The number of hydrogen-bond acceptors (Lipinski definition) is 8. The minimum absolute atomic E-state index is 0.128. The number of nitrogens with two attached hydrogens (primary N) is 4. The Balaban J connectivity index is 0.000000208. The van der Waals surface area contributed by atoms with Crippen LogP contribution in [-0.2, 0) is 14.1 Å². The van der Waals surface area contributed by atoms with Gasteiger partial charge in [0, 0.05) is 39.3 Å². The zero-order chi connectivity index (χ0) is 38.8. The summed E-state index contributed by atoms with van der Waals surface area (Å²) in [4.78, 5) is 33.9. The predicted octanol–water partition coefficient (Wildman–Crippen LogP) is 4.35. The van der Waals surface area contributed by atoms with Gasteiger partial charge < -0.3 is 42.7 Å². The summed E-state index contributed by atoms with van der Waals surface area (Å²) in [5.74, 6) is -0.426. The van der Waals surface area contributed by atoms with Gasteiger partial charge in [0.15, 0.2) is 11.6 Å². The molecule has 0 bridgehead atoms. The molecule has 2 aromatic heterocycles. The van der Waals surface area contributed by atoms with Gasteiger partial charge in [0.2, 0.25) is 0 Å². The summed E-state index contributed by atoms with van der Waals surface area (Å²) in [6, 6.07) is 23.8. The first-order chi connectivity index (χ1) is 26.0. The van der Waals surface area contributed by atoms with Gasteiger partial charge in [-0.05, 0) is 110 Å². The van der Waals surface area contributed by atoms with Crippen molar-refractivity contribution in [3.05, 3.63) is 108 Å². The smallest absolute Gasteiger partial charge is 0.287 e. The number of amides is 2. The van der Waals surface area contributed by atoms with Gasteiger partial charge in [-0.3, -0.25) is 9.59 Å². The topological polar surface area (TPSA) is 198 Å². The number of nitrogens with zero attached hydrogens (tertiary/aromatic N) is 4. The minimum atomic E-state index is -0.277. The molecule has 2 heterocycles. The Kier molecular flexibility index (Phi) is 13.6. The van der Waals surface area contributed by atoms with Crippen LogP contribution in [0, 0.1) is 11.6 Å². The molecule has 4 aromatic carbocycles. The van der Waals surface area contributed by atoms with Crippen LogP contribution in [0.4, 0.5) is 8.78 Å². The highest BCUT2D eigenvalue weighted by molar-refractivity contribution is 5.96. The molecule has 0 aliphatic carbocycles. The van der Waals surface area contributed by atoms with E-state index in [2.05, 4.69) is 20.6 Å². The number of carbonyl (C=O) groups excluding carboxylic acids is 2. The second kappa shape index (κ2) is 18.5. The van der Waals surface area contributed by atoms with E-state index in [1.54, 1.807) is 47.5 Å². The molecule has 0 saturated heterocycles. The molecule has 6 rings (SSSR count). The predicted molar refractivity (Wildman–Crippen MR) is 209 cm³/mol. The number of hydrogen-bond donors (Lipinski definition) is 6. The Morgan fingerprint density at radius 3 is 1.54 bits per heavy atom. The van der Waals surface area contributed by atoms with E-state index in [4.69, 9.17) is 22.9 Å². The van der Waals surface area contributed by atoms with Crippen molar-refractivity contribution in [1.82, 2.24) is 29.7 Å². The van der Waals surface area contributed by atoms with Crippen LogP contribution in [0.2, 0.25) is 0 Å². The molecule has 0 radical (unpaired) electrons. The average molecular weight is 739 g/mol. The number of benzene rings is 4. The lowest BCUT2D eigenvalue weighted by Gasteiger charge is -2.12. The summed E-state index contributed by atoms with van der Waals surface area (Å²) in [5, 5.41) is 5.66. The molecule has 10 N–H and O–H groups in total. The molecule has 0 aliphatic rings. The van der Waals surface area contributed by atoms with E-state index >= 15 is 0 Å². The number of carbonyl (C=O) groups is 2. The first-order valence-corrected chi connectivity index (χ1v) is 17.9. The molecular formula is C40H48F2N10O2. The standard InChI is InChI=1S/2C20H24FN5O/c1-26-18-9-6-14(13-4-7-15(21)8-5-13)11-17(18)25-19(26)20(27)24-12-16(23)3-2-10-22;1-26-18-11-14(13-4-7-15(21)8-5-13)6-9-17(18)25-19(26)20(27)24-12-16(23)3-2-10-22/h2*4-9,11,16H,2-3,10,12,22-23H2,1H3,(H,24,27)/t2*16-/m11/s1. The van der Waals surface area contributed by atoms with Crippen molar-refractivity contribution in [2.45, 2.75) is 37.8 Å². The summed E-state index contributed by atoms with van der Waals surface area (Å²) in [5.41, 5.74) is 29.6. The molecular weight excluding hydrogens is 691 g/mol. The number of halogens is 2. The van der Waals surface area contributed by atoms with Crippen LogP contribution in [0.25, 0.3) is 44.3 Å². The maximum absolute atomic E-state index is 13.1. The molecule has 0 unspecified atom stereocenters. The van der Waals surface area contributed by atoms with Crippen LogP contribution in [0.1, 0.15) is 46.9 Å². The van der Waals surface area contributed by atoms with Gasteiger partial charge in [-0.15, -0.1) is 0 Å². The van der Waals surface area contributed by atoms with Crippen LogP contribution in [0.5, 0.6) is 0 Å². The fourth-order valence-corrected chi connectivity index (χ4v) is 6.01. The van der Waals surface area contributed by atoms with E-state index in [9.17, 15) is 18.4 Å². The van der Waals surface area contributed by atoms with Gasteiger partial charge >= 0.3 is 0 Å². The second-order valence-electron chi connectivity index (χ2n) is 13.2. The molecule has 0 spiro atoms. The molecule has 2 amide bonds. The summed E-state index contributed by atoms with van der Waals surface area (Å²) in [6.45, 7) is 1.93. The van der Waals surface area contributed by atoms with Crippen molar-refractivity contribution in [3.8, 4) is 22.3 Å². The van der Waals surface area contributed by atoms with E-state index in [0.29, 0.717) is 43.3 Å². The van der Waals surface area contributed by atoms with E-state index in [-0.39, 0.29) is 35.5 Å². The Morgan fingerprint density at radius 2 is 1.04 bits per heavy atom. The van der Waals surface area contributed by atoms with Crippen molar-refractivity contribution in [1.29, 1.82) is 0 Å². The van der Waals surface area contributed by atoms with Crippen molar-refractivity contribution in [2.75, 3.05) is 26.2 Å². The lowest BCUT2D eigenvalue weighted by atomic mass is 10.1. The summed E-state index contributed by atoms with van der Waals surface area (Å²) in [7, 11) is 3.60. The van der Waals surface area contributed by atoms with E-state index in [0.717, 1.165) is 64.5 Å². The zero-order valence-corrected chi connectivity index (χ0v) is 30.6. The third-order valence-corrected chi connectivity index (χ3v) is 9.13. The third kappa shape index (κ3) is 9.90. The summed E-state index contributed by atoms with van der Waals surface area (Å²) >= 11 is 0. The van der Waals surface area contributed by atoms with Crippen LogP contribution >= 0.6 is 0 Å². The van der Waals surface area contributed by atoms with Gasteiger partial charge in [0.05, 0.1) is 22.1 Å². The quantitative estimate of drug-likeness (QED) is 0.0948. The highest BCUT2D eigenvalue weighted by atomic mass is 19.1. The molecule has 284 valence electrons. The molecule has 0 fully saturated rings. The summed E-state index contributed by atoms with van der Waals surface area (Å²) in [6.07, 6.45) is 3.19. The monoisotopic (exact) mass is 738 g/mol. The van der Waals surface area contributed by atoms with Gasteiger partial charge in [0.25, 0.3) is 11.8 Å². The second-order valence-corrected chi connectivity index (χ2v) is 13.2. The maximum atomic E-state index is 13.1. The number of imidazole rings is 2. The molecule has 0 aliphatic heterocycles. The minimum Gasteiger partial charge on any atom is -0.348 e. The van der Waals surface area contributed by atoms with Gasteiger partial charge in [-0.1, -0.05) is 36.4 Å². The molecule has 12 nitrogen and oxygen atoms in total. The fraction of sp³-hybridized carbons (Fsp3) is 0.300. The lowest BCUT2D eigenvalue weighted by Crippen LogP contribution is -2.38. The number of aryl methyl sites for hydroxylation is 2. The molecule has 54 heavy (non-hydrogen) atoms. The molecule has 2 atom stereocenters. The SMILES string of the molecule is Cn1c(C(=O)NC[C@H](N)CCCN)nc2cc(-c3ccc(F)cc3)ccc21.Cn1c(C(=O)NC[C@H](N)CCCN)nc2ccc(-c3ccc(F)cc3)cc21. The zero-order valence-electron chi connectivity index (χ0n) is 30.6. The van der Waals surface area contributed by atoms with Crippen molar-refractivity contribution < 1.29 is 18.4 Å². The van der Waals surface area contributed by atoms with E-state index in [1.165, 1.54) is 24.3 Å². The van der Waals surface area contributed by atoms with E-state index in [1.807, 2.05) is 36.4 Å². The summed E-state index contributed by atoms with van der Waals surface area (Å²) < 4.78 is 29.8. The normalized spacial score (nSPS) is 12.3. The average Bonchev–Trinajstić information content (AvgIpc) is 3.70. The number of rotatable bonds is 14. The third-order valence-electron chi connectivity index (χ3n) is 9.13. The fourth-order valence-electron chi connectivity index (χ4n) is 6.01. The number of aromatic nitrogens is 4. The first-order valence-electron chi connectivity index (χ1n) is 17.9. The van der Waals surface area contributed by atoms with Crippen molar-refractivity contribution in [3.63, 3.8) is 0 Å². The Bertz CT molecular complexity index is 2150. The Labute approximate surface area is 312 Å².